The minimum Gasteiger partial charge on any atom is -0.464 e. The Morgan fingerprint density at radius 3 is 3.06 bits per heavy atom. The monoisotopic (exact) mass is 245 g/mol. The number of esters is 1. The Morgan fingerprint density at radius 2 is 2.38 bits per heavy atom. The molecule has 2 fully saturated rings. The molecule has 2 aliphatic rings. The van der Waals surface area contributed by atoms with Crippen molar-refractivity contribution in [3.8, 4) is 0 Å². The lowest BCUT2D eigenvalue weighted by Crippen LogP contribution is -2.60. The zero-order valence-electron chi connectivity index (χ0n) is 9.29. The molecule has 0 bridgehead atoms. The third-order valence-corrected chi connectivity index (χ3v) is 4.20. The van der Waals surface area contributed by atoms with Crippen LogP contribution in [0, 0.1) is 11.8 Å². The van der Waals surface area contributed by atoms with Crippen LogP contribution in [0.4, 0.5) is 0 Å². The average Bonchev–Trinajstić information content (AvgIpc) is 2.73. The Labute approximate surface area is 99.7 Å². The summed E-state index contributed by atoms with van der Waals surface area (Å²) in [6.07, 6.45) is 2.89. The van der Waals surface area contributed by atoms with Gasteiger partial charge in [-0.05, 0) is 25.7 Å². The van der Waals surface area contributed by atoms with Crippen LogP contribution in [0.15, 0.2) is 0 Å². The van der Waals surface area contributed by atoms with Crippen LogP contribution in [-0.2, 0) is 14.3 Å². The highest BCUT2D eigenvalue weighted by Gasteiger charge is 2.58. The second-order valence-corrected chi connectivity index (χ2v) is 5.04. The third-order valence-electron chi connectivity index (χ3n) is 3.60. The second-order valence-electron chi connectivity index (χ2n) is 4.44. The Kier molecular flexibility index (Phi) is 3.10. The van der Waals surface area contributed by atoms with Crippen molar-refractivity contribution in [1.29, 1.82) is 0 Å². The first-order valence-corrected chi connectivity index (χ1v) is 6.13. The van der Waals surface area contributed by atoms with E-state index in [2.05, 4.69) is 5.32 Å². The summed E-state index contributed by atoms with van der Waals surface area (Å²) in [5.41, 5.74) is 0. The molecule has 1 amide bonds. The largest absolute Gasteiger partial charge is 0.464 e. The van der Waals surface area contributed by atoms with Crippen molar-refractivity contribution >= 4 is 23.5 Å². The zero-order chi connectivity index (χ0) is 11.8. The standard InChI is InChI=1S/C11H16ClNO3/c1-2-16-10(15)11(12)8-5-3-4-7(8)6-13-9(11)14/h7-8H,2-6H2,1H3,(H,13,14)/t7-,8-,11?/m0/s1. The van der Waals surface area contributed by atoms with Gasteiger partial charge < -0.3 is 10.1 Å². The number of amides is 1. The first-order valence-electron chi connectivity index (χ1n) is 5.75. The molecular weight excluding hydrogens is 230 g/mol. The quantitative estimate of drug-likeness (QED) is 0.450. The number of nitrogens with one attached hydrogen (secondary N) is 1. The van der Waals surface area contributed by atoms with Gasteiger partial charge in [-0.3, -0.25) is 4.79 Å². The van der Waals surface area contributed by atoms with Gasteiger partial charge in [0.1, 0.15) is 0 Å². The maximum Gasteiger partial charge on any atom is 0.337 e. The van der Waals surface area contributed by atoms with Gasteiger partial charge in [-0.2, -0.15) is 0 Å². The highest BCUT2D eigenvalue weighted by molar-refractivity contribution is 6.46. The fourth-order valence-corrected chi connectivity index (χ4v) is 3.21. The molecule has 5 heteroatoms. The highest BCUT2D eigenvalue weighted by Crippen LogP contribution is 2.45. The van der Waals surface area contributed by atoms with E-state index in [0.29, 0.717) is 12.5 Å². The Bertz CT molecular complexity index is 320. The smallest absolute Gasteiger partial charge is 0.337 e. The van der Waals surface area contributed by atoms with Gasteiger partial charge in [-0.25, -0.2) is 4.79 Å². The molecule has 3 atom stereocenters. The van der Waals surface area contributed by atoms with Gasteiger partial charge in [0.25, 0.3) is 5.91 Å². The molecule has 90 valence electrons. The van der Waals surface area contributed by atoms with Crippen LogP contribution in [0.5, 0.6) is 0 Å². The Morgan fingerprint density at radius 1 is 1.62 bits per heavy atom. The molecule has 1 unspecified atom stereocenters. The number of carbonyl (C=O) groups is 2. The summed E-state index contributed by atoms with van der Waals surface area (Å²) in [6.45, 7) is 2.60. The summed E-state index contributed by atoms with van der Waals surface area (Å²) in [5.74, 6) is -0.733. The predicted octanol–water partition coefficient (Wildman–Crippen LogP) is 1.07. The van der Waals surface area contributed by atoms with Crippen LogP contribution in [0.25, 0.3) is 0 Å². The van der Waals surface area contributed by atoms with E-state index < -0.39 is 16.8 Å². The third kappa shape index (κ3) is 1.59. The maximum atomic E-state index is 11.9. The molecule has 0 aromatic carbocycles. The second kappa shape index (κ2) is 4.24. The molecule has 1 heterocycles. The van der Waals surface area contributed by atoms with Gasteiger partial charge in [0.05, 0.1) is 6.61 Å². The molecule has 0 aromatic rings. The molecule has 2 rings (SSSR count). The van der Waals surface area contributed by atoms with E-state index in [0.717, 1.165) is 19.3 Å². The molecule has 16 heavy (non-hydrogen) atoms. The summed E-state index contributed by atoms with van der Waals surface area (Å²) in [7, 11) is 0. The van der Waals surface area contributed by atoms with Crippen molar-refractivity contribution in [3.63, 3.8) is 0 Å². The molecule has 1 saturated carbocycles. The fourth-order valence-electron chi connectivity index (χ4n) is 2.81. The Hall–Kier alpha value is -0.770. The van der Waals surface area contributed by atoms with Gasteiger partial charge >= 0.3 is 5.97 Å². The lowest BCUT2D eigenvalue weighted by molar-refractivity contribution is -0.154. The Balaban J connectivity index is 2.26. The molecule has 1 aliphatic carbocycles. The van der Waals surface area contributed by atoms with Crippen molar-refractivity contribution < 1.29 is 14.3 Å². The minimum absolute atomic E-state index is 0.0676. The van der Waals surface area contributed by atoms with Crippen LogP contribution in [0.3, 0.4) is 0 Å². The molecule has 4 nitrogen and oxygen atoms in total. The average molecular weight is 246 g/mol. The minimum atomic E-state index is -1.49. The molecule has 0 aromatic heterocycles. The number of alkyl halides is 1. The normalized spacial score (nSPS) is 37.8. The molecule has 0 spiro atoms. The van der Waals surface area contributed by atoms with Gasteiger partial charge in [0.2, 0.25) is 4.87 Å². The van der Waals surface area contributed by atoms with Crippen molar-refractivity contribution in [1.82, 2.24) is 5.32 Å². The number of hydrogen-bond donors (Lipinski definition) is 1. The number of carbonyl (C=O) groups excluding carboxylic acids is 2. The fraction of sp³-hybridized carbons (Fsp3) is 0.818. The predicted molar refractivity (Wildman–Crippen MR) is 59.1 cm³/mol. The summed E-state index contributed by atoms with van der Waals surface area (Å²) >= 11 is 6.27. The molecule has 1 saturated heterocycles. The van der Waals surface area contributed by atoms with Crippen LogP contribution in [0.2, 0.25) is 0 Å². The summed E-state index contributed by atoms with van der Waals surface area (Å²) in [6, 6.07) is 0. The number of hydrogen-bond acceptors (Lipinski definition) is 3. The van der Waals surface area contributed by atoms with Crippen molar-refractivity contribution in [2.75, 3.05) is 13.2 Å². The van der Waals surface area contributed by atoms with E-state index in [1.165, 1.54) is 0 Å². The SMILES string of the molecule is CCOC(=O)C1(Cl)C(=O)NC[C@@H]2CCC[C@@H]21. The lowest BCUT2D eigenvalue weighted by Gasteiger charge is -2.37. The maximum absolute atomic E-state index is 11.9. The van der Waals surface area contributed by atoms with Gasteiger partial charge in [-0.15, -0.1) is 0 Å². The molecule has 1 N–H and O–H groups in total. The number of piperidine rings is 1. The number of fused-ring (bicyclic) bond motifs is 1. The molecule has 0 radical (unpaired) electrons. The molecular formula is C11H16ClNO3. The van der Waals surface area contributed by atoms with Gasteiger partial charge in [0, 0.05) is 12.5 Å². The van der Waals surface area contributed by atoms with Gasteiger partial charge in [0.15, 0.2) is 0 Å². The van der Waals surface area contributed by atoms with E-state index in [4.69, 9.17) is 16.3 Å². The summed E-state index contributed by atoms with van der Waals surface area (Å²) in [4.78, 5) is 22.2. The van der Waals surface area contributed by atoms with Gasteiger partial charge in [-0.1, -0.05) is 18.0 Å². The van der Waals surface area contributed by atoms with Crippen LogP contribution in [-0.4, -0.2) is 29.9 Å². The van der Waals surface area contributed by atoms with E-state index in [1.807, 2.05) is 0 Å². The van der Waals surface area contributed by atoms with E-state index in [1.54, 1.807) is 6.92 Å². The number of rotatable bonds is 2. The summed E-state index contributed by atoms with van der Waals surface area (Å²) in [5, 5.41) is 2.71. The summed E-state index contributed by atoms with van der Waals surface area (Å²) < 4.78 is 4.93. The first kappa shape index (κ1) is 11.7. The van der Waals surface area contributed by atoms with Crippen LogP contribution in [0.1, 0.15) is 26.2 Å². The van der Waals surface area contributed by atoms with E-state index in [-0.39, 0.29) is 12.5 Å². The topological polar surface area (TPSA) is 55.4 Å². The number of halogens is 1. The van der Waals surface area contributed by atoms with Crippen LogP contribution < -0.4 is 5.32 Å². The van der Waals surface area contributed by atoms with Crippen molar-refractivity contribution in [3.05, 3.63) is 0 Å². The van der Waals surface area contributed by atoms with Crippen molar-refractivity contribution in [2.24, 2.45) is 11.8 Å². The van der Waals surface area contributed by atoms with E-state index in [9.17, 15) is 9.59 Å². The lowest BCUT2D eigenvalue weighted by atomic mass is 9.79. The number of ether oxygens (including phenoxy) is 1. The molecule has 1 aliphatic heterocycles. The van der Waals surface area contributed by atoms with E-state index >= 15 is 0 Å². The zero-order valence-corrected chi connectivity index (χ0v) is 10.0. The first-order chi connectivity index (χ1) is 7.60. The highest BCUT2D eigenvalue weighted by atomic mass is 35.5. The van der Waals surface area contributed by atoms with Crippen molar-refractivity contribution in [2.45, 2.75) is 31.1 Å². The van der Waals surface area contributed by atoms with Crippen LogP contribution >= 0.6 is 11.6 Å².